The molecule has 208 valence electrons. The van der Waals surface area contributed by atoms with E-state index in [1.807, 2.05) is 45.0 Å². The second kappa shape index (κ2) is 13.0. The molecule has 1 atom stereocenters. The number of aryl methyl sites for hydroxylation is 1. The number of methoxy groups -OCH3 is 1. The Hall–Kier alpha value is -3.56. The molecular formula is C29H34ClN3O5S. The van der Waals surface area contributed by atoms with Gasteiger partial charge in [-0.15, -0.1) is 0 Å². The topological polar surface area (TPSA) is 96.0 Å². The summed E-state index contributed by atoms with van der Waals surface area (Å²) < 4.78 is 33.8. The molecule has 0 radical (unpaired) electrons. The van der Waals surface area contributed by atoms with E-state index >= 15 is 0 Å². The van der Waals surface area contributed by atoms with Crippen LogP contribution in [0.5, 0.6) is 5.75 Å². The Labute approximate surface area is 235 Å². The maximum atomic E-state index is 13.9. The monoisotopic (exact) mass is 571 g/mol. The van der Waals surface area contributed by atoms with Gasteiger partial charge in [-0.2, -0.15) is 0 Å². The van der Waals surface area contributed by atoms with Crippen LogP contribution in [0.1, 0.15) is 31.9 Å². The van der Waals surface area contributed by atoms with Crippen LogP contribution in [0.25, 0.3) is 0 Å². The molecule has 8 nitrogen and oxygen atoms in total. The number of amides is 2. The Morgan fingerprint density at radius 3 is 2.26 bits per heavy atom. The fourth-order valence-electron chi connectivity index (χ4n) is 4.05. The largest absolute Gasteiger partial charge is 0.495 e. The Balaban J connectivity index is 2.06. The second-order valence-electron chi connectivity index (χ2n) is 9.49. The van der Waals surface area contributed by atoms with Gasteiger partial charge in [-0.05, 0) is 63.6 Å². The van der Waals surface area contributed by atoms with Crippen molar-refractivity contribution in [3.63, 3.8) is 0 Å². The number of anilines is 1. The van der Waals surface area contributed by atoms with Gasteiger partial charge in [0.25, 0.3) is 10.0 Å². The van der Waals surface area contributed by atoms with Crippen molar-refractivity contribution in [2.45, 2.75) is 51.2 Å². The number of carbonyl (C=O) groups is 2. The quantitative estimate of drug-likeness (QED) is 0.357. The fourth-order valence-corrected chi connectivity index (χ4v) is 5.73. The van der Waals surface area contributed by atoms with E-state index in [4.69, 9.17) is 16.3 Å². The van der Waals surface area contributed by atoms with Gasteiger partial charge in [-0.1, -0.05) is 59.6 Å². The lowest BCUT2D eigenvalue weighted by Crippen LogP contribution is -2.52. The molecule has 3 rings (SSSR count). The number of rotatable bonds is 11. The Morgan fingerprint density at radius 1 is 0.974 bits per heavy atom. The van der Waals surface area contributed by atoms with Gasteiger partial charge in [0.05, 0.1) is 22.7 Å². The summed E-state index contributed by atoms with van der Waals surface area (Å²) in [4.78, 5) is 28.3. The van der Waals surface area contributed by atoms with Crippen LogP contribution in [0.15, 0.2) is 77.7 Å². The summed E-state index contributed by atoms with van der Waals surface area (Å²) in [5, 5.41) is 3.03. The van der Waals surface area contributed by atoms with E-state index < -0.39 is 28.5 Å². The first-order valence-electron chi connectivity index (χ1n) is 12.5. The van der Waals surface area contributed by atoms with Gasteiger partial charge < -0.3 is 15.0 Å². The van der Waals surface area contributed by atoms with E-state index in [1.165, 1.54) is 36.3 Å². The molecule has 3 aromatic carbocycles. The lowest BCUT2D eigenvalue weighted by Gasteiger charge is -2.32. The summed E-state index contributed by atoms with van der Waals surface area (Å²) >= 11 is 6.34. The van der Waals surface area contributed by atoms with Crippen LogP contribution in [0.3, 0.4) is 0 Å². The minimum atomic E-state index is -4.18. The van der Waals surface area contributed by atoms with Gasteiger partial charge in [0.1, 0.15) is 18.3 Å². The van der Waals surface area contributed by atoms with Crippen molar-refractivity contribution in [3.8, 4) is 5.75 Å². The summed E-state index contributed by atoms with van der Waals surface area (Å²) in [5.74, 6) is -0.519. The van der Waals surface area contributed by atoms with E-state index in [9.17, 15) is 18.0 Å². The average Bonchev–Trinajstić information content (AvgIpc) is 2.90. The molecule has 0 aliphatic heterocycles. The van der Waals surface area contributed by atoms with Crippen LogP contribution in [0.4, 0.5) is 5.69 Å². The third kappa shape index (κ3) is 7.52. The smallest absolute Gasteiger partial charge is 0.264 e. The van der Waals surface area contributed by atoms with E-state index in [-0.39, 0.29) is 34.1 Å². The predicted molar refractivity (Wildman–Crippen MR) is 153 cm³/mol. The molecule has 2 amide bonds. The lowest BCUT2D eigenvalue weighted by atomic mass is 10.1. The number of sulfonamides is 1. The highest BCUT2D eigenvalue weighted by Crippen LogP contribution is 2.32. The van der Waals surface area contributed by atoms with Crippen LogP contribution in [-0.2, 0) is 26.2 Å². The van der Waals surface area contributed by atoms with Crippen LogP contribution in [0, 0.1) is 6.92 Å². The molecule has 39 heavy (non-hydrogen) atoms. The summed E-state index contributed by atoms with van der Waals surface area (Å²) in [6.45, 7) is 6.80. The molecule has 0 bridgehead atoms. The second-order valence-corrected chi connectivity index (χ2v) is 11.8. The number of hydrogen-bond acceptors (Lipinski definition) is 5. The Morgan fingerprint density at radius 2 is 1.67 bits per heavy atom. The number of benzene rings is 3. The van der Waals surface area contributed by atoms with Crippen molar-refractivity contribution in [2.75, 3.05) is 18.0 Å². The van der Waals surface area contributed by atoms with Crippen LogP contribution < -0.4 is 14.4 Å². The number of nitrogens with zero attached hydrogens (tertiary/aromatic N) is 2. The standard InChI is InChI=1S/C29H34ClN3O5S/c1-20(2)31-29(35)22(4)32(18-23-11-9-10-21(3)16-23)28(34)19-33(24-14-15-27(38-5)26(30)17-24)39(36,37)25-12-7-6-8-13-25/h6-17,20,22H,18-19H2,1-5H3,(H,31,35)/t22-/m1/s1. The van der Waals surface area contributed by atoms with E-state index in [1.54, 1.807) is 31.2 Å². The summed E-state index contributed by atoms with van der Waals surface area (Å²) in [6.07, 6.45) is 0. The van der Waals surface area contributed by atoms with Gasteiger partial charge in [-0.3, -0.25) is 13.9 Å². The lowest BCUT2D eigenvalue weighted by molar-refractivity contribution is -0.139. The van der Waals surface area contributed by atoms with Crippen molar-refractivity contribution in [1.29, 1.82) is 0 Å². The third-order valence-electron chi connectivity index (χ3n) is 6.07. The molecular weight excluding hydrogens is 538 g/mol. The number of carbonyl (C=O) groups excluding carboxylic acids is 2. The highest BCUT2D eigenvalue weighted by molar-refractivity contribution is 7.92. The molecule has 0 fully saturated rings. The highest BCUT2D eigenvalue weighted by Gasteiger charge is 2.33. The van der Waals surface area contributed by atoms with Crippen molar-refractivity contribution in [1.82, 2.24) is 10.2 Å². The summed E-state index contributed by atoms with van der Waals surface area (Å²) in [5.41, 5.74) is 2.01. The molecule has 3 aromatic rings. The SMILES string of the molecule is COc1ccc(N(CC(=O)N(Cc2cccc(C)c2)[C@H](C)C(=O)NC(C)C)S(=O)(=O)c2ccccc2)cc1Cl. The summed E-state index contributed by atoms with van der Waals surface area (Å²) in [7, 11) is -2.72. The Kier molecular flexibility index (Phi) is 9.99. The number of ether oxygens (including phenoxy) is 1. The van der Waals surface area contributed by atoms with Gasteiger partial charge in [-0.25, -0.2) is 8.42 Å². The molecule has 0 saturated carbocycles. The van der Waals surface area contributed by atoms with E-state index in [0.29, 0.717) is 5.75 Å². The molecule has 0 saturated heterocycles. The van der Waals surface area contributed by atoms with Crippen molar-refractivity contribution >= 4 is 39.1 Å². The minimum Gasteiger partial charge on any atom is -0.495 e. The first-order valence-corrected chi connectivity index (χ1v) is 14.3. The zero-order chi connectivity index (χ0) is 28.7. The molecule has 10 heteroatoms. The van der Waals surface area contributed by atoms with Crippen molar-refractivity contribution in [3.05, 3.63) is 88.9 Å². The molecule has 0 heterocycles. The average molecular weight is 572 g/mol. The first kappa shape index (κ1) is 30.0. The highest BCUT2D eigenvalue weighted by atomic mass is 35.5. The number of hydrogen-bond donors (Lipinski definition) is 1. The van der Waals surface area contributed by atoms with Gasteiger partial charge in [0, 0.05) is 12.6 Å². The minimum absolute atomic E-state index is 0.0144. The van der Waals surface area contributed by atoms with E-state index in [2.05, 4.69) is 5.32 Å². The van der Waals surface area contributed by atoms with Gasteiger partial charge in [0.15, 0.2) is 0 Å². The Bertz CT molecular complexity index is 1410. The predicted octanol–water partition coefficient (Wildman–Crippen LogP) is 4.79. The maximum Gasteiger partial charge on any atom is 0.264 e. The van der Waals surface area contributed by atoms with Crippen molar-refractivity contribution in [2.24, 2.45) is 0 Å². The van der Waals surface area contributed by atoms with Crippen LogP contribution >= 0.6 is 11.6 Å². The van der Waals surface area contributed by atoms with Gasteiger partial charge in [0.2, 0.25) is 11.8 Å². The molecule has 0 aromatic heterocycles. The summed E-state index contributed by atoms with van der Waals surface area (Å²) in [6, 6.07) is 19.0. The normalized spacial score (nSPS) is 12.1. The first-order chi connectivity index (χ1) is 18.4. The fraction of sp³-hybridized carbons (Fsp3) is 0.310. The third-order valence-corrected chi connectivity index (χ3v) is 8.15. The van der Waals surface area contributed by atoms with Crippen LogP contribution in [0.2, 0.25) is 5.02 Å². The molecule has 1 N–H and O–H groups in total. The molecule has 0 spiro atoms. The number of halogens is 1. The zero-order valence-electron chi connectivity index (χ0n) is 22.7. The van der Waals surface area contributed by atoms with Crippen molar-refractivity contribution < 1.29 is 22.7 Å². The molecule has 0 aliphatic carbocycles. The zero-order valence-corrected chi connectivity index (χ0v) is 24.3. The van der Waals surface area contributed by atoms with E-state index in [0.717, 1.165) is 15.4 Å². The van der Waals surface area contributed by atoms with Gasteiger partial charge >= 0.3 is 0 Å². The maximum absolute atomic E-state index is 13.9. The molecule has 0 unspecified atom stereocenters. The number of nitrogens with one attached hydrogen (secondary N) is 1. The van der Waals surface area contributed by atoms with Crippen LogP contribution in [-0.4, -0.2) is 50.9 Å². The molecule has 0 aliphatic rings.